The van der Waals surface area contributed by atoms with E-state index in [0.29, 0.717) is 24.3 Å². The molecular weight excluding hydrogens is 348 g/mol. The highest BCUT2D eigenvalue weighted by Crippen LogP contribution is 2.32. The lowest BCUT2D eigenvalue weighted by Crippen LogP contribution is -2.52. The summed E-state index contributed by atoms with van der Waals surface area (Å²) < 4.78 is 10.9. The van der Waals surface area contributed by atoms with Gasteiger partial charge in [-0.1, -0.05) is 0 Å². The first-order valence-electron chi connectivity index (χ1n) is 9.87. The van der Waals surface area contributed by atoms with E-state index in [2.05, 4.69) is 0 Å². The number of rotatable bonds is 8. The van der Waals surface area contributed by atoms with Crippen LogP contribution < -0.4 is 5.73 Å². The average Bonchev–Trinajstić information content (AvgIpc) is 3.09. The lowest BCUT2D eigenvalue weighted by atomic mass is 9.78. The van der Waals surface area contributed by atoms with Crippen LogP contribution in [0.15, 0.2) is 16.5 Å². The fourth-order valence-electron chi connectivity index (χ4n) is 4.00. The minimum atomic E-state index is -1.08. The van der Waals surface area contributed by atoms with E-state index in [1.54, 1.807) is 6.07 Å². The number of likely N-dealkylation sites (N-methyl/N-ethyl adjacent to an activating group) is 1. The number of carboxylic acid groups (broad SMARTS) is 1. The Bertz CT molecular complexity index is 647. The van der Waals surface area contributed by atoms with E-state index >= 15 is 0 Å². The van der Waals surface area contributed by atoms with Gasteiger partial charge in [0.05, 0.1) is 6.04 Å². The fourth-order valence-corrected chi connectivity index (χ4v) is 4.00. The summed E-state index contributed by atoms with van der Waals surface area (Å²) in [5.41, 5.74) is 6.27. The Balaban J connectivity index is 1.36. The maximum absolute atomic E-state index is 12.6. The molecule has 2 saturated carbocycles. The molecule has 0 radical (unpaired) electrons. The molecule has 3 N–H and O–H groups in total. The van der Waals surface area contributed by atoms with Crippen molar-refractivity contribution in [2.45, 2.75) is 63.6 Å². The highest BCUT2D eigenvalue weighted by atomic mass is 16.5. The number of aromatic carboxylic acids is 1. The van der Waals surface area contributed by atoms with Crippen LogP contribution >= 0.6 is 0 Å². The van der Waals surface area contributed by atoms with E-state index < -0.39 is 12.0 Å². The highest BCUT2D eigenvalue weighted by molar-refractivity contribution is 5.84. The van der Waals surface area contributed by atoms with E-state index in [4.69, 9.17) is 20.0 Å². The molecule has 1 aromatic heterocycles. The van der Waals surface area contributed by atoms with Crippen molar-refractivity contribution in [3.63, 3.8) is 0 Å². The molecule has 7 nitrogen and oxygen atoms in total. The van der Waals surface area contributed by atoms with Crippen LogP contribution in [-0.4, -0.2) is 47.6 Å². The van der Waals surface area contributed by atoms with Crippen molar-refractivity contribution in [1.82, 2.24) is 4.90 Å². The van der Waals surface area contributed by atoms with E-state index in [-0.39, 0.29) is 24.2 Å². The number of hydrogen-bond donors (Lipinski definition) is 2. The molecule has 7 heteroatoms. The van der Waals surface area contributed by atoms with Gasteiger partial charge in [-0.15, -0.1) is 0 Å². The smallest absolute Gasteiger partial charge is 0.371 e. The lowest BCUT2D eigenvalue weighted by molar-refractivity contribution is -0.136. The molecule has 0 bridgehead atoms. The summed E-state index contributed by atoms with van der Waals surface area (Å²) in [7, 11) is 1.88. The van der Waals surface area contributed by atoms with Gasteiger partial charge in [0, 0.05) is 19.7 Å². The van der Waals surface area contributed by atoms with Gasteiger partial charge < -0.3 is 24.9 Å². The number of amides is 1. The molecule has 2 aliphatic carbocycles. The zero-order valence-electron chi connectivity index (χ0n) is 15.9. The SMILES string of the molecule is CN(C(=O)[C@@H](N)C1CCC(COCc2ccc(C(=O)O)o2)CC1)C1CCC1. The minimum absolute atomic E-state index is 0.0698. The minimum Gasteiger partial charge on any atom is -0.475 e. The second kappa shape index (κ2) is 8.89. The number of nitrogens with two attached hydrogens (primary N) is 1. The van der Waals surface area contributed by atoms with E-state index in [9.17, 15) is 9.59 Å². The molecule has 2 aliphatic rings. The van der Waals surface area contributed by atoms with Gasteiger partial charge in [0.1, 0.15) is 12.4 Å². The van der Waals surface area contributed by atoms with Crippen molar-refractivity contribution in [3.8, 4) is 0 Å². The number of carboxylic acids is 1. The number of carbonyl (C=O) groups is 2. The second-order valence-corrected chi connectivity index (χ2v) is 7.93. The molecule has 27 heavy (non-hydrogen) atoms. The highest BCUT2D eigenvalue weighted by Gasteiger charge is 2.34. The molecule has 0 unspecified atom stereocenters. The summed E-state index contributed by atoms with van der Waals surface area (Å²) in [5, 5.41) is 8.85. The largest absolute Gasteiger partial charge is 0.475 e. The Hall–Kier alpha value is -1.86. The zero-order chi connectivity index (χ0) is 19.4. The third-order valence-corrected chi connectivity index (χ3v) is 6.12. The van der Waals surface area contributed by atoms with Crippen LogP contribution in [0.3, 0.4) is 0 Å². The van der Waals surface area contributed by atoms with Gasteiger partial charge in [-0.25, -0.2) is 4.79 Å². The monoisotopic (exact) mass is 378 g/mol. The summed E-state index contributed by atoms with van der Waals surface area (Å²) in [5.74, 6) is 0.161. The Morgan fingerprint density at radius 1 is 1.26 bits per heavy atom. The fraction of sp³-hybridized carbons (Fsp3) is 0.700. The quantitative estimate of drug-likeness (QED) is 0.720. The maximum atomic E-state index is 12.6. The predicted octanol–water partition coefficient (Wildman–Crippen LogP) is 2.64. The summed E-state index contributed by atoms with van der Waals surface area (Å²) in [6.07, 6.45) is 7.30. The van der Waals surface area contributed by atoms with Gasteiger partial charge >= 0.3 is 5.97 Å². The average molecular weight is 378 g/mol. The maximum Gasteiger partial charge on any atom is 0.371 e. The zero-order valence-corrected chi connectivity index (χ0v) is 15.9. The second-order valence-electron chi connectivity index (χ2n) is 7.93. The summed E-state index contributed by atoms with van der Waals surface area (Å²) in [6.45, 7) is 0.887. The number of carbonyl (C=O) groups excluding carboxylic acids is 1. The van der Waals surface area contributed by atoms with Crippen molar-refractivity contribution < 1.29 is 23.8 Å². The molecule has 0 saturated heterocycles. The van der Waals surface area contributed by atoms with Crippen LogP contribution in [0, 0.1) is 11.8 Å². The molecular formula is C20H30N2O5. The van der Waals surface area contributed by atoms with E-state index in [1.807, 2.05) is 11.9 Å². The van der Waals surface area contributed by atoms with Crippen LogP contribution in [0.1, 0.15) is 61.3 Å². The molecule has 3 rings (SSSR count). The van der Waals surface area contributed by atoms with Gasteiger partial charge in [-0.05, 0) is 68.9 Å². The molecule has 1 atom stereocenters. The Labute approximate surface area is 159 Å². The predicted molar refractivity (Wildman–Crippen MR) is 99.2 cm³/mol. The number of hydrogen-bond acceptors (Lipinski definition) is 5. The van der Waals surface area contributed by atoms with Crippen LogP contribution in [0.5, 0.6) is 0 Å². The van der Waals surface area contributed by atoms with Crippen LogP contribution in [0.25, 0.3) is 0 Å². The molecule has 1 aromatic rings. The molecule has 2 fully saturated rings. The normalized spacial score (nSPS) is 24.2. The van der Waals surface area contributed by atoms with Crippen LogP contribution in [-0.2, 0) is 16.1 Å². The Kier molecular flexibility index (Phi) is 6.55. The summed E-state index contributed by atoms with van der Waals surface area (Å²) in [4.78, 5) is 25.2. The standard InChI is InChI=1S/C20H30N2O5/c1-22(15-3-2-4-15)19(23)18(21)14-7-5-13(6-8-14)11-26-12-16-9-10-17(27-16)20(24)25/h9-10,13-15,18H,2-8,11-12,21H2,1H3,(H,24,25)/t13?,14?,18-/m0/s1. The van der Waals surface area contributed by atoms with Gasteiger partial charge in [0.2, 0.25) is 11.7 Å². The third kappa shape index (κ3) is 4.90. The molecule has 0 aliphatic heterocycles. The van der Waals surface area contributed by atoms with Crippen LogP contribution in [0.4, 0.5) is 0 Å². The van der Waals surface area contributed by atoms with E-state index in [1.165, 1.54) is 12.5 Å². The van der Waals surface area contributed by atoms with Crippen molar-refractivity contribution in [1.29, 1.82) is 0 Å². The molecule has 150 valence electrons. The van der Waals surface area contributed by atoms with Crippen LogP contribution in [0.2, 0.25) is 0 Å². The number of furan rings is 1. The number of nitrogens with zero attached hydrogens (tertiary/aromatic N) is 1. The van der Waals surface area contributed by atoms with Gasteiger partial charge in [-0.3, -0.25) is 4.79 Å². The van der Waals surface area contributed by atoms with Crippen molar-refractivity contribution >= 4 is 11.9 Å². The number of ether oxygens (including phenoxy) is 1. The van der Waals surface area contributed by atoms with Crippen molar-refractivity contribution in [2.24, 2.45) is 17.6 Å². The Morgan fingerprint density at radius 3 is 2.52 bits per heavy atom. The first-order chi connectivity index (χ1) is 13.0. The lowest BCUT2D eigenvalue weighted by Gasteiger charge is -2.38. The Morgan fingerprint density at radius 2 is 1.96 bits per heavy atom. The summed E-state index contributed by atoms with van der Waals surface area (Å²) >= 11 is 0. The first kappa shape index (κ1) is 19.9. The van der Waals surface area contributed by atoms with Gasteiger partial charge in [0.25, 0.3) is 0 Å². The molecule has 0 aromatic carbocycles. The van der Waals surface area contributed by atoms with Gasteiger partial charge in [-0.2, -0.15) is 0 Å². The van der Waals surface area contributed by atoms with E-state index in [0.717, 1.165) is 38.5 Å². The van der Waals surface area contributed by atoms with Crippen molar-refractivity contribution in [2.75, 3.05) is 13.7 Å². The first-order valence-corrected chi connectivity index (χ1v) is 9.87. The molecule has 0 spiro atoms. The molecule has 1 amide bonds. The summed E-state index contributed by atoms with van der Waals surface area (Å²) in [6, 6.07) is 3.06. The topological polar surface area (TPSA) is 106 Å². The third-order valence-electron chi connectivity index (χ3n) is 6.12. The molecule has 1 heterocycles. The van der Waals surface area contributed by atoms with Gasteiger partial charge in [0.15, 0.2) is 0 Å². The van der Waals surface area contributed by atoms with Crippen molar-refractivity contribution in [3.05, 3.63) is 23.7 Å².